The summed E-state index contributed by atoms with van der Waals surface area (Å²) in [6.45, 7) is 10.7. The van der Waals surface area contributed by atoms with E-state index in [0.29, 0.717) is 19.6 Å². The number of aliphatic carboxylic acids is 1. The van der Waals surface area contributed by atoms with Gasteiger partial charge in [0.05, 0.1) is 0 Å². The average molecular weight is 272 g/mol. The van der Waals surface area contributed by atoms with Gasteiger partial charge in [-0.15, -0.1) is 0 Å². The average Bonchev–Trinajstić information content (AvgIpc) is 2.25. The highest BCUT2D eigenvalue weighted by atomic mass is 16.6. The lowest BCUT2D eigenvalue weighted by molar-refractivity contribution is -0.145. The van der Waals surface area contributed by atoms with E-state index in [2.05, 4.69) is 4.90 Å². The van der Waals surface area contributed by atoms with Crippen molar-refractivity contribution in [3.63, 3.8) is 0 Å². The Kier molecular flexibility index (Phi) is 4.79. The van der Waals surface area contributed by atoms with Crippen LogP contribution in [0.3, 0.4) is 0 Å². The highest BCUT2D eigenvalue weighted by Gasteiger charge is 2.37. The van der Waals surface area contributed by atoms with Gasteiger partial charge in [-0.25, -0.2) is 9.59 Å². The molecule has 1 atom stereocenters. The molecule has 0 aliphatic carbocycles. The molecule has 1 fully saturated rings. The van der Waals surface area contributed by atoms with Crippen LogP contribution in [0.5, 0.6) is 0 Å². The molecule has 6 heteroatoms. The topological polar surface area (TPSA) is 70.1 Å². The Hall–Kier alpha value is -1.30. The summed E-state index contributed by atoms with van der Waals surface area (Å²) in [5.74, 6) is -0.990. The number of nitrogens with zero attached hydrogens (tertiary/aromatic N) is 2. The predicted molar refractivity (Wildman–Crippen MR) is 71.1 cm³/mol. The van der Waals surface area contributed by atoms with Crippen LogP contribution in [0.25, 0.3) is 0 Å². The number of hydrogen-bond acceptors (Lipinski definition) is 4. The van der Waals surface area contributed by atoms with Gasteiger partial charge in [0.2, 0.25) is 0 Å². The number of rotatable bonds is 2. The van der Waals surface area contributed by atoms with Crippen molar-refractivity contribution >= 4 is 12.1 Å². The van der Waals surface area contributed by atoms with Gasteiger partial charge >= 0.3 is 12.1 Å². The minimum absolute atomic E-state index is 0.266. The number of carbonyl (C=O) groups excluding carboxylic acids is 1. The zero-order valence-corrected chi connectivity index (χ0v) is 12.3. The quantitative estimate of drug-likeness (QED) is 0.823. The molecule has 1 aliphatic rings. The second-order valence-corrected chi connectivity index (χ2v) is 6.12. The smallest absolute Gasteiger partial charge is 0.411 e. The first-order valence-electron chi connectivity index (χ1n) is 6.58. The first-order valence-corrected chi connectivity index (χ1v) is 6.58. The van der Waals surface area contributed by atoms with Crippen molar-refractivity contribution in [1.82, 2.24) is 9.80 Å². The van der Waals surface area contributed by atoms with E-state index in [4.69, 9.17) is 4.74 Å². The van der Waals surface area contributed by atoms with E-state index in [9.17, 15) is 14.7 Å². The zero-order chi connectivity index (χ0) is 14.8. The van der Waals surface area contributed by atoms with Crippen molar-refractivity contribution in [2.24, 2.45) is 0 Å². The highest BCUT2D eigenvalue weighted by molar-refractivity contribution is 5.80. The fourth-order valence-corrected chi connectivity index (χ4v) is 2.02. The second-order valence-electron chi connectivity index (χ2n) is 6.12. The Balaban J connectivity index is 2.77. The molecule has 6 nitrogen and oxygen atoms in total. The molecular weight excluding hydrogens is 248 g/mol. The Bertz CT molecular complexity index is 349. The van der Waals surface area contributed by atoms with Crippen LogP contribution in [-0.4, -0.2) is 64.3 Å². The van der Waals surface area contributed by atoms with E-state index in [0.717, 1.165) is 0 Å². The van der Waals surface area contributed by atoms with Gasteiger partial charge in [-0.1, -0.05) is 0 Å². The molecule has 0 saturated carbocycles. The monoisotopic (exact) mass is 272 g/mol. The van der Waals surface area contributed by atoms with Crippen molar-refractivity contribution in [2.75, 3.05) is 19.6 Å². The number of amides is 1. The minimum Gasteiger partial charge on any atom is -0.480 e. The number of hydrogen-bond donors (Lipinski definition) is 1. The van der Waals surface area contributed by atoms with Crippen LogP contribution in [0.15, 0.2) is 0 Å². The standard InChI is InChI=1S/C13H24N2O4/c1-9(2)14-6-7-15(10(8-14)11(16)17)12(18)19-13(3,4)5/h9-10H,6-8H2,1-5H3,(H,16,17). The molecule has 0 aromatic heterocycles. The lowest BCUT2D eigenvalue weighted by atomic mass is 10.1. The SMILES string of the molecule is CC(C)N1CCN(C(=O)OC(C)(C)C)C(C(=O)O)C1. The summed E-state index contributed by atoms with van der Waals surface area (Å²) in [5.41, 5.74) is -0.616. The summed E-state index contributed by atoms with van der Waals surface area (Å²) in [7, 11) is 0. The third-order valence-corrected chi connectivity index (χ3v) is 3.06. The van der Waals surface area contributed by atoms with Gasteiger partial charge in [-0.05, 0) is 34.6 Å². The first-order chi connectivity index (χ1) is 8.61. The van der Waals surface area contributed by atoms with Crippen LogP contribution in [0, 0.1) is 0 Å². The summed E-state index contributed by atoms with van der Waals surface area (Å²) < 4.78 is 5.26. The van der Waals surface area contributed by atoms with Gasteiger partial charge in [0.1, 0.15) is 11.6 Å². The molecule has 1 rings (SSSR count). The Morgan fingerprint density at radius 3 is 2.26 bits per heavy atom. The number of carboxylic acids is 1. The lowest BCUT2D eigenvalue weighted by Gasteiger charge is -2.41. The first kappa shape index (κ1) is 15.8. The van der Waals surface area contributed by atoms with Crippen LogP contribution in [0.2, 0.25) is 0 Å². The van der Waals surface area contributed by atoms with Gasteiger partial charge in [0.15, 0.2) is 0 Å². The van der Waals surface area contributed by atoms with Crippen molar-refractivity contribution in [3.05, 3.63) is 0 Å². The fraction of sp³-hybridized carbons (Fsp3) is 0.846. The van der Waals surface area contributed by atoms with Crippen LogP contribution >= 0.6 is 0 Å². The van der Waals surface area contributed by atoms with Crippen molar-refractivity contribution in [1.29, 1.82) is 0 Å². The van der Waals surface area contributed by atoms with Gasteiger partial charge in [-0.3, -0.25) is 9.80 Å². The summed E-state index contributed by atoms with van der Waals surface area (Å²) in [4.78, 5) is 26.7. The maximum atomic E-state index is 12.0. The Morgan fingerprint density at radius 2 is 1.84 bits per heavy atom. The van der Waals surface area contributed by atoms with E-state index >= 15 is 0 Å². The molecule has 1 unspecified atom stereocenters. The minimum atomic E-state index is -0.990. The Morgan fingerprint density at radius 1 is 1.26 bits per heavy atom. The molecule has 1 heterocycles. The third-order valence-electron chi connectivity index (χ3n) is 3.06. The van der Waals surface area contributed by atoms with E-state index in [1.165, 1.54) is 4.90 Å². The molecule has 0 radical (unpaired) electrons. The molecule has 110 valence electrons. The highest BCUT2D eigenvalue weighted by Crippen LogP contribution is 2.17. The van der Waals surface area contributed by atoms with Gasteiger partial charge in [0, 0.05) is 25.7 Å². The van der Waals surface area contributed by atoms with Crippen LogP contribution < -0.4 is 0 Å². The van der Waals surface area contributed by atoms with E-state index in [1.807, 2.05) is 13.8 Å². The molecule has 1 N–H and O–H groups in total. The molecule has 0 aromatic carbocycles. The molecule has 0 spiro atoms. The number of carbonyl (C=O) groups is 2. The van der Waals surface area contributed by atoms with E-state index in [-0.39, 0.29) is 6.04 Å². The van der Waals surface area contributed by atoms with Gasteiger partial charge in [0.25, 0.3) is 0 Å². The van der Waals surface area contributed by atoms with E-state index < -0.39 is 23.7 Å². The summed E-state index contributed by atoms with van der Waals surface area (Å²) in [5, 5.41) is 9.28. The molecule has 1 aliphatic heterocycles. The van der Waals surface area contributed by atoms with Crippen molar-refractivity contribution in [3.8, 4) is 0 Å². The van der Waals surface area contributed by atoms with Crippen LogP contribution in [0.1, 0.15) is 34.6 Å². The molecule has 0 bridgehead atoms. The van der Waals surface area contributed by atoms with E-state index in [1.54, 1.807) is 20.8 Å². The number of carboxylic acid groups (broad SMARTS) is 1. The van der Waals surface area contributed by atoms with Crippen LogP contribution in [0.4, 0.5) is 4.79 Å². The molecular formula is C13H24N2O4. The molecule has 0 aromatic rings. The van der Waals surface area contributed by atoms with Crippen LogP contribution in [-0.2, 0) is 9.53 Å². The maximum Gasteiger partial charge on any atom is 0.411 e. The summed E-state index contributed by atoms with van der Waals surface area (Å²) >= 11 is 0. The summed E-state index contributed by atoms with van der Waals surface area (Å²) in [6, 6.07) is -0.575. The second kappa shape index (κ2) is 5.77. The van der Waals surface area contributed by atoms with Gasteiger partial charge in [-0.2, -0.15) is 0 Å². The fourth-order valence-electron chi connectivity index (χ4n) is 2.02. The predicted octanol–water partition coefficient (Wildman–Crippen LogP) is 1.40. The lowest BCUT2D eigenvalue weighted by Crippen LogP contribution is -2.60. The maximum absolute atomic E-state index is 12.0. The number of ether oxygens (including phenoxy) is 1. The molecule has 1 amide bonds. The third kappa shape index (κ3) is 4.38. The normalized spacial score (nSPS) is 21.6. The largest absolute Gasteiger partial charge is 0.480 e. The van der Waals surface area contributed by atoms with Gasteiger partial charge < -0.3 is 9.84 Å². The Labute approximate surface area is 114 Å². The molecule has 19 heavy (non-hydrogen) atoms. The number of piperazine rings is 1. The summed E-state index contributed by atoms with van der Waals surface area (Å²) in [6.07, 6.45) is -0.552. The van der Waals surface area contributed by atoms with Crippen molar-refractivity contribution in [2.45, 2.75) is 52.3 Å². The van der Waals surface area contributed by atoms with Crippen molar-refractivity contribution < 1.29 is 19.4 Å². The molecule has 1 saturated heterocycles. The zero-order valence-electron chi connectivity index (χ0n) is 12.3.